The minimum atomic E-state index is -0.468. The van der Waals surface area contributed by atoms with E-state index in [0.29, 0.717) is 11.5 Å². The topological polar surface area (TPSA) is 73.9 Å². The molecular formula is C20H27NO5. The van der Waals surface area contributed by atoms with Crippen LogP contribution in [0.5, 0.6) is 11.5 Å². The normalized spacial score (nSPS) is 19.8. The summed E-state index contributed by atoms with van der Waals surface area (Å²) in [7, 11) is 2.82. The number of hydrogen-bond donors (Lipinski definition) is 1. The first-order valence-corrected chi connectivity index (χ1v) is 8.88. The highest BCUT2D eigenvalue weighted by Gasteiger charge is 2.18. The number of nitrogens with one attached hydrogen (secondary N) is 1. The SMILES string of the molecule is COC(=O)COc1ccc(/C=C/C(=O)N[C@H]2CC[C@H](C)CC2)cc1OC. The Kier molecular flexibility index (Phi) is 7.51. The molecule has 1 fully saturated rings. The van der Waals surface area contributed by atoms with E-state index in [1.165, 1.54) is 33.1 Å². The molecule has 2 rings (SSSR count). The van der Waals surface area contributed by atoms with E-state index >= 15 is 0 Å². The van der Waals surface area contributed by atoms with E-state index in [0.717, 1.165) is 24.3 Å². The smallest absolute Gasteiger partial charge is 0.343 e. The highest BCUT2D eigenvalue weighted by Crippen LogP contribution is 2.28. The summed E-state index contributed by atoms with van der Waals surface area (Å²) >= 11 is 0. The van der Waals surface area contributed by atoms with E-state index in [1.54, 1.807) is 24.3 Å². The van der Waals surface area contributed by atoms with Crippen molar-refractivity contribution < 1.29 is 23.8 Å². The number of carbonyl (C=O) groups excluding carboxylic acids is 2. The van der Waals surface area contributed by atoms with E-state index in [9.17, 15) is 9.59 Å². The minimum absolute atomic E-state index is 0.0884. The van der Waals surface area contributed by atoms with Gasteiger partial charge in [0.05, 0.1) is 14.2 Å². The largest absolute Gasteiger partial charge is 0.493 e. The van der Waals surface area contributed by atoms with Gasteiger partial charge in [-0.2, -0.15) is 0 Å². The third kappa shape index (κ3) is 6.10. The van der Waals surface area contributed by atoms with Crippen LogP contribution in [-0.2, 0) is 14.3 Å². The Morgan fingerprint density at radius 2 is 1.88 bits per heavy atom. The molecule has 1 N–H and O–H groups in total. The van der Waals surface area contributed by atoms with Crippen LogP contribution in [0.4, 0.5) is 0 Å². The first kappa shape index (κ1) is 19.8. The average Bonchev–Trinajstić information content (AvgIpc) is 2.66. The second kappa shape index (κ2) is 9.85. The van der Waals surface area contributed by atoms with Crippen molar-refractivity contribution in [3.05, 3.63) is 29.8 Å². The number of rotatable bonds is 7. The zero-order valence-corrected chi connectivity index (χ0v) is 15.6. The number of benzene rings is 1. The monoisotopic (exact) mass is 361 g/mol. The van der Waals surface area contributed by atoms with Crippen LogP contribution in [0.15, 0.2) is 24.3 Å². The zero-order valence-electron chi connectivity index (χ0n) is 15.6. The molecular weight excluding hydrogens is 334 g/mol. The van der Waals surface area contributed by atoms with Gasteiger partial charge < -0.3 is 19.5 Å². The van der Waals surface area contributed by atoms with Gasteiger partial charge in [-0.05, 0) is 55.4 Å². The maximum absolute atomic E-state index is 12.1. The Labute approximate surface area is 154 Å². The van der Waals surface area contributed by atoms with Gasteiger partial charge in [-0.1, -0.05) is 13.0 Å². The number of esters is 1. The lowest BCUT2D eigenvalue weighted by Gasteiger charge is -2.26. The predicted octanol–water partition coefficient (Wildman–Crippen LogP) is 2.96. The van der Waals surface area contributed by atoms with Crippen LogP contribution in [0, 0.1) is 5.92 Å². The standard InChI is InChI=1S/C20H27NO5/c1-14-4-8-16(9-5-14)21-19(22)11-7-15-6-10-17(18(12-15)24-2)26-13-20(23)25-3/h6-7,10-12,14,16H,4-5,8-9,13H2,1-3H3,(H,21,22)/b11-7+/t14-,16-. The fourth-order valence-corrected chi connectivity index (χ4v) is 2.93. The third-order valence-electron chi connectivity index (χ3n) is 4.55. The second-order valence-electron chi connectivity index (χ2n) is 6.57. The van der Waals surface area contributed by atoms with Gasteiger partial charge in [-0.15, -0.1) is 0 Å². The van der Waals surface area contributed by atoms with Crippen molar-refractivity contribution in [1.29, 1.82) is 0 Å². The molecule has 1 aromatic carbocycles. The summed E-state index contributed by atoms with van der Waals surface area (Å²) in [6, 6.07) is 5.51. The fourth-order valence-electron chi connectivity index (χ4n) is 2.93. The Bertz CT molecular complexity index is 648. The van der Waals surface area contributed by atoms with Gasteiger partial charge in [-0.25, -0.2) is 4.79 Å². The molecule has 26 heavy (non-hydrogen) atoms. The summed E-state index contributed by atoms with van der Waals surface area (Å²) in [5.74, 6) is 1.12. The van der Waals surface area contributed by atoms with Crippen LogP contribution in [0.2, 0.25) is 0 Å². The van der Waals surface area contributed by atoms with Crippen molar-refractivity contribution in [2.45, 2.75) is 38.6 Å². The minimum Gasteiger partial charge on any atom is -0.493 e. The lowest BCUT2D eigenvalue weighted by Crippen LogP contribution is -2.36. The lowest BCUT2D eigenvalue weighted by molar-refractivity contribution is -0.142. The Morgan fingerprint density at radius 1 is 1.15 bits per heavy atom. The molecule has 142 valence electrons. The van der Waals surface area contributed by atoms with E-state index < -0.39 is 5.97 Å². The van der Waals surface area contributed by atoms with Crippen molar-refractivity contribution in [2.75, 3.05) is 20.8 Å². The van der Waals surface area contributed by atoms with Crippen LogP contribution in [-0.4, -0.2) is 38.7 Å². The molecule has 0 aliphatic heterocycles. The molecule has 1 aromatic rings. The van der Waals surface area contributed by atoms with Crippen molar-refractivity contribution >= 4 is 18.0 Å². The van der Waals surface area contributed by atoms with Crippen molar-refractivity contribution in [2.24, 2.45) is 5.92 Å². The summed E-state index contributed by atoms with van der Waals surface area (Å²) in [6.07, 6.45) is 7.68. The van der Waals surface area contributed by atoms with Gasteiger partial charge in [0.25, 0.3) is 0 Å². The zero-order chi connectivity index (χ0) is 18.9. The van der Waals surface area contributed by atoms with Gasteiger partial charge in [0.15, 0.2) is 18.1 Å². The first-order chi connectivity index (χ1) is 12.5. The van der Waals surface area contributed by atoms with E-state index in [-0.39, 0.29) is 18.6 Å². The molecule has 1 aliphatic carbocycles. The van der Waals surface area contributed by atoms with Crippen LogP contribution in [0.1, 0.15) is 38.2 Å². The number of carbonyl (C=O) groups is 2. The number of ether oxygens (including phenoxy) is 3. The molecule has 1 aliphatic rings. The summed E-state index contributed by atoms with van der Waals surface area (Å²) in [5.41, 5.74) is 0.805. The summed E-state index contributed by atoms with van der Waals surface area (Å²) in [4.78, 5) is 23.3. The second-order valence-corrected chi connectivity index (χ2v) is 6.57. The van der Waals surface area contributed by atoms with Gasteiger partial charge in [0, 0.05) is 12.1 Å². The van der Waals surface area contributed by atoms with Gasteiger partial charge >= 0.3 is 5.97 Å². The van der Waals surface area contributed by atoms with E-state index in [2.05, 4.69) is 17.0 Å². The lowest BCUT2D eigenvalue weighted by atomic mass is 9.87. The maximum Gasteiger partial charge on any atom is 0.343 e. The molecule has 0 saturated heterocycles. The van der Waals surface area contributed by atoms with E-state index in [4.69, 9.17) is 9.47 Å². The van der Waals surface area contributed by atoms with Crippen LogP contribution >= 0.6 is 0 Å². The Morgan fingerprint density at radius 3 is 2.54 bits per heavy atom. The van der Waals surface area contributed by atoms with Gasteiger partial charge in [-0.3, -0.25) is 4.79 Å². The molecule has 0 radical (unpaired) electrons. The molecule has 6 nitrogen and oxygen atoms in total. The maximum atomic E-state index is 12.1. The Hall–Kier alpha value is -2.50. The van der Waals surface area contributed by atoms with Crippen molar-refractivity contribution in [1.82, 2.24) is 5.32 Å². The summed E-state index contributed by atoms with van der Waals surface area (Å²) in [5, 5.41) is 3.06. The molecule has 0 atom stereocenters. The fraction of sp³-hybridized carbons (Fsp3) is 0.500. The van der Waals surface area contributed by atoms with Crippen LogP contribution in [0.3, 0.4) is 0 Å². The summed E-state index contributed by atoms with van der Waals surface area (Å²) < 4.78 is 15.2. The molecule has 1 amide bonds. The first-order valence-electron chi connectivity index (χ1n) is 8.88. The van der Waals surface area contributed by atoms with Crippen LogP contribution < -0.4 is 14.8 Å². The molecule has 0 heterocycles. The van der Waals surface area contributed by atoms with Gasteiger partial charge in [0.1, 0.15) is 0 Å². The number of amides is 1. The van der Waals surface area contributed by atoms with Crippen molar-refractivity contribution in [3.63, 3.8) is 0 Å². The highest BCUT2D eigenvalue weighted by atomic mass is 16.6. The predicted molar refractivity (Wildman–Crippen MR) is 99.1 cm³/mol. The number of hydrogen-bond acceptors (Lipinski definition) is 5. The summed E-state index contributed by atoms with van der Waals surface area (Å²) in [6.45, 7) is 2.06. The third-order valence-corrected chi connectivity index (χ3v) is 4.55. The molecule has 0 bridgehead atoms. The van der Waals surface area contributed by atoms with Crippen molar-refractivity contribution in [3.8, 4) is 11.5 Å². The molecule has 1 saturated carbocycles. The molecule has 0 aromatic heterocycles. The molecule has 6 heteroatoms. The number of methoxy groups -OCH3 is 2. The Balaban J connectivity index is 1.92. The molecule has 0 spiro atoms. The quantitative estimate of drug-likeness (QED) is 0.597. The molecule has 0 unspecified atom stereocenters. The average molecular weight is 361 g/mol. The van der Waals surface area contributed by atoms with Crippen LogP contribution in [0.25, 0.3) is 6.08 Å². The van der Waals surface area contributed by atoms with Gasteiger partial charge in [0.2, 0.25) is 5.91 Å². The van der Waals surface area contributed by atoms with E-state index in [1.807, 2.05) is 0 Å². The highest BCUT2D eigenvalue weighted by molar-refractivity contribution is 5.92.